The third-order valence-corrected chi connectivity index (χ3v) is 4.78. The van der Waals surface area contributed by atoms with E-state index < -0.39 is 11.9 Å². The van der Waals surface area contributed by atoms with E-state index in [0.29, 0.717) is 24.4 Å². The van der Waals surface area contributed by atoms with Crippen LogP contribution in [-0.2, 0) is 42.9 Å². The molecule has 0 radical (unpaired) electrons. The number of nitrogens with zero attached hydrogens (tertiary/aromatic N) is 1. The molecule has 53 heavy (non-hydrogen) atoms. The van der Waals surface area contributed by atoms with Gasteiger partial charge in [-0.05, 0) is 46.3 Å². The van der Waals surface area contributed by atoms with Crippen LogP contribution in [0.5, 0.6) is 0 Å². The van der Waals surface area contributed by atoms with E-state index in [1.807, 2.05) is 62.3 Å². The van der Waals surface area contributed by atoms with Gasteiger partial charge in [0.2, 0.25) is 0 Å². The number of ether oxygens (including phenoxy) is 4. The summed E-state index contributed by atoms with van der Waals surface area (Å²) < 4.78 is 18.1. The highest BCUT2D eigenvalue weighted by molar-refractivity contribution is 5.87. The van der Waals surface area contributed by atoms with Crippen LogP contribution in [0, 0.1) is 0 Å². The molecular weight excluding hydrogens is 686 g/mol. The summed E-state index contributed by atoms with van der Waals surface area (Å²) in [7, 11) is 5.18. The third kappa shape index (κ3) is 65.8. The summed E-state index contributed by atoms with van der Waals surface area (Å²) in [5.74, 6) is -2.44. The SMILES string of the molecule is C=C(C)C(=O)OC.C=C(C)C(=O)OCCCC.C=CC(=O)O.C=CC(=O)OCCCC.C=CC(=O)OCCO.C=Cc1ccccc1.CN(C)CCO. The van der Waals surface area contributed by atoms with Gasteiger partial charge in [-0.1, -0.05) is 103 Å². The molecule has 0 spiro atoms. The average molecular weight is 752 g/mol. The molecule has 0 atom stereocenters. The van der Waals surface area contributed by atoms with Gasteiger partial charge in [0.05, 0.1) is 33.5 Å². The van der Waals surface area contributed by atoms with Crippen LogP contribution in [0.4, 0.5) is 0 Å². The first kappa shape index (κ1) is 60.0. The van der Waals surface area contributed by atoms with Crippen molar-refractivity contribution in [2.24, 2.45) is 0 Å². The highest BCUT2D eigenvalue weighted by Gasteiger charge is 2.00. The minimum Gasteiger partial charge on any atom is -0.478 e. The minimum absolute atomic E-state index is 0.0465. The van der Waals surface area contributed by atoms with Crippen LogP contribution < -0.4 is 0 Å². The Morgan fingerprint density at radius 1 is 0.698 bits per heavy atom. The zero-order chi connectivity index (χ0) is 42.5. The summed E-state index contributed by atoms with van der Waals surface area (Å²) in [5.41, 5.74) is 2.08. The molecule has 0 heterocycles. The molecule has 0 saturated heterocycles. The third-order valence-electron chi connectivity index (χ3n) is 4.78. The summed E-state index contributed by atoms with van der Waals surface area (Å²) in [6.07, 6.45) is 8.85. The number of carbonyl (C=O) groups excluding carboxylic acids is 4. The van der Waals surface area contributed by atoms with Gasteiger partial charge in [0, 0.05) is 35.9 Å². The van der Waals surface area contributed by atoms with Crippen molar-refractivity contribution >= 4 is 35.9 Å². The van der Waals surface area contributed by atoms with Crippen molar-refractivity contribution in [3.8, 4) is 0 Å². The molecule has 0 amide bonds. The van der Waals surface area contributed by atoms with Gasteiger partial charge in [0.1, 0.15) is 6.61 Å². The Morgan fingerprint density at radius 3 is 1.34 bits per heavy atom. The predicted octanol–water partition coefficient (Wildman–Crippen LogP) is 5.99. The Bertz CT molecular complexity index is 1150. The van der Waals surface area contributed by atoms with Crippen molar-refractivity contribution in [3.63, 3.8) is 0 Å². The van der Waals surface area contributed by atoms with Crippen molar-refractivity contribution in [1.82, 2.24) is 4.90 Å². The number of carboxylic acids is 1. The van der Waals surface area contributed by atoms with Crippen LogP contribution in [0.15, 0.2) is 99.2 Å². The number of likely N-dealkylation sites (N-methyl/N-ethyl adjacent to an activating group) is 1. The number of esters is 4. The van der Waals surface area contributed by atoms with Gasteiger partial charge < -0.3 is 39.2 Å². The number of aliphatic hydroxyl groups is 2. The maximum absolute atomic E-state index is 10.7. The molecule has 0 bridgehead atoms. The molecule has 0 aromatic heterocycles. The number of carbonyl (C=O) groups is 5. The van der Waals surface area contributed by atoms with Crippen LogP contribution in [-0.4, -0.2) is 111 Å². The van der Waals surface area contributed by atoms with Gasteiger partial charge in [-0.2, -0.15) is 0 Å². The fourth-order valence-corrected chi connectivity index (χ4v) is 1.98. The second-order valence-electron chi connectivity index (χ2n) is 10.0. The van der Waals surface area contributed by atoms with Crippen molar-refractivity contribution < 1.29 is 58.2 Å². The van der Waals surface area contributed by atoms with Gasteiger partial charge >= 0.3 is 29.8 Å². The van der Waals surface area contributed by atoms with E-state index >= 15 is 0 Å². The molecule has 0 aliphatic heterocycles. The summed E-state index contributed by atoms with van der Waals surface area (Å²) in [6, 6.07) is 10.0. The molecule has 1 rings (SSSR count). The quantitative estimate of drug-likeness (QED) is 0.0775. The van der Waals surface area contributed by atoms with Crippen LogP contribution in [0.1, 0.15) is 58.9 Å². The molecule has 302 valence electrons. The van der Waals surface area contributed by atoms with E-state index in [2.05, 4.69) is 60.6 Å². The largest absolute Gasteiger partial charge is 0.478 e. The van der Waals surface area contributed by atoms with Crippen LogP contribution in [0.3, 0.4) is 0 Å². The van der Waals surface area contributed by atoms with E-state index in [4.69, 9.17) is 20.1 Å². The molecule has 1 aromatic carbocycles. The van der Waals surface area contributed by atoms with Gasteiger partial charge in [-0.25, -0.2) is 24.0 Å². The van der Waals surface area contributed by atoms with Gasteiger partial charge in [0.25, 0.3) is 0 Å². The lowest BCUT2D eigenvalue weighted by Gasteiger charge is -2.03. The van der Waals surface area contributed by atoms with Crippen LogP contribution in [0.25, 0.3) is 6.08 Å². The first-order valence-electron chi connectivity index (χ1n) is 16.5. The monoisotopic (exact) mass is 751 g/mol. The van der Waals surface area contributed by atoms with E-state index in [1.54, 1.807) is 13.8 Å². The van der Waals surface area contributed by atoms with Crippen LogP contribution >= 0.6 is 0 Å². The average Bonchev–Trinajstić information content (AvgIpc) is 3.15. The number of carboxylic acid groups (broad SMARTS) is 1. The Morgan fingerprint density at radius 2 is 1.11 bits per heavy atom. The second-order valence-corrected chi connectivity index (χ2v) is 10.0. The number of hydrogen-bond donors (Lipinski definition) is 3. The lowest BCUT2D eigenvalue weighted by atomic mass is 10.2. The maximum Gasteiger partial charge on any atom is 0.333 e. The maximum atomic E-state index is 10.7. The fourth-order valence-electron chi connectivity index (χ4n) is 1.98. The summed E-state index contributed by atoms with van der Waals surface area (Å²) in [4.78, 5) is 52.5. The first-order valence-corrected chi connectivity index (χ1v) is 16.5. The molecule has 1 aromatic rings. The molecule has 0 fully saturated rings. The Hall–Kier alpha value is -5.11. The number of aliphatic carboxylic acids is 1. The molecule has 13 heteroatoms. The van der Waals surface area contributed by atoms with E-state index in [0.717, 1.165) is 44.4 Å². The lowest BCUT2D eigenvalue weighted by molar-refractivity contribution is -0.139. The predicted molar refractivity (Wildman–Crippen MR) is 212 cm³/mol. The minimum atomic E-state index is -0.981. The van der Waals surface area contributed by atoms with Crippen molar-refractivity contribution in [2.75, 3.05) is 60.8 Å². The number of benzene rings is 1. The molecule has 0 unspecified atom stereocenters. The zero-order valence-electron chi connectivity index (χ0n) is 33.0. The summed E-state index contributed by atoms with van der Waals surface area (Å²) >= 11 is 0. The number of aliphatic hydroxyl groups excluding tert-OH is 2. The smallest absolute Gasteiger partial charge is 0.333 e. The molecule has 3 N–H and O–H groups in total. The Labute approximate surface area is 317 Å². The van der Waals surface area contributed by atoms with E-state index in [9.17, 15) is 24.0 Å². The number of methoxy groups -OCH3 is 1. The van der Waals surface area contributed by atoms with Gasteiger partial charge in [-0.3, -0.25) is 0 Å². The number of rotatable bonds is 16. The van der Waals surface area contributed by atoms with Crippen molar-refractivity contribution in [2.45, 2.75) is 53.4 Å². The van der Waals surface area contributed by atoms with E-state index in [1.165, 1.54) is 18.7 Å². The summed E-state index contributed by atoms with van der Waals surface area (Å²) in [6.45, 7) is 29.1. The van der Waals surface area contributed by atoms with Crippen molar-refractivity contribution in [1.29, 1.82) is 0 Å². The zero-order valence-corrected chi connectivity index (χ0v) is 33.0. The van der Waals surface area contributed by atoms with Gasteiger partial charge in [-0.15, -0.1) is 0 Å². The highest BCUT2D eigenvalue weighted by atomic mass is 16.5. The standard InChI is InChI=1S/C8H14O2.C8H8.C7H12O2.C5H8O3.C5H8O2.C4H11NO.C3H4O2/c1-4-5-6-10-8(9)7(2)3;1-2-8-6-4-3-5-7-8;1-3-5-6-9-7(8)4-2;1-2-5(7)8-4-3-6;1-4(2)5(6)7-3;1-5(2)3-4-6;1-2-3(4)5/h2,4-6H2,1,3H3;2-7H,1H2;4H,2-3,5-6H2,1H3;2,6H,1,3-4H2;1H2,2-3H3;6H,3-4H2,1-2H3;2H,1H2,(H,4,5). The number of hydrogen-bond acceptors (Lipinski definition) is 12. The molecule has 0 aliphatic rings. The fraction of sp³-hybridized carbons (Fsp3) is 0.425. The summed E-state index contributed by atoms with van der Waals surface area (Å²) in [5, 5.41) is 23.9. The lowest BCUT2D eigenvalue weighted by Crippen LogP contribution is -2.15. The van der Waals surface area contributed by atoms with Gasteiger partial charge in [0.15, 0.2) is 0 Å². The van der Waals surface area contributed by atoms with Crippen molar-refractivity contribution in [3.05, 3.63) is 105 Å². The normalized spacial score (nSPS) is 8.42. The topological polar surface area (TPSA) is 186 Å². The molecular formula is C40H65NO12. The number of unbranched alkanes of at least 4 members (excludes halogenated alkanes) is 2. The Balaban J connectivity index is -0.000000123. The molecule has 0 aliphatic carbocycles. The second kappa shape index (κ2) is 49.0. The van der Waals surface area contributed by atoms with E-state index in [-0.39, 0.29) is 37.7 Å². The molecule has 0 saturated carbocycles. The first-order chi connectivity index (χ1) is 24.9. The Kier molecular flexibility index (Phi) is 55.5. The molecule has 13 nitrogen and oxygen atoms in total. The van der Waals surface area contributed by atoms with Crippen LogP contribution in [0.2, 0.25) is 0 Å². The highest BCUT2D eigenvalue weighted by Crippen LogP contribution is 1.97.